The average molecular weight is 254 g/mol. The molecule has 2 heteroatoms. The van der Waals surface area contributed by atoms with Gasteiger partial charge in [0.15, 0.2) is 0 Å². The molecule has 0 aromatic heterocycles. The van der Waals surface area contributed by atoms with E-state index in [-0.39, 0.29) is 0 Å². The normalized spacial score (nSPS) is 27.6. The molecule has 1 aliphatic rings. The molecule has 0 radical (unpaired) electrons. The minimum absolute atomic E-state index is 0.675. The molecule has 0 amide bonds. The lowest BCUT2D eigenvalue weighted by Crippen LogP contribution is -2.33. The minimum Gasteiger partial charge on any atom is -0.316 e. The number of halogens is 1. The molecular weight excluding hydrogens is 238 g/mol. The lowest BCUT2D eigenvalue weighted by molar-refractivity contribution is 0.363. The van der Waals surface area contributed by atoms with Crippen LogP contribution >= 0.6 is 15.9 Å². The lowest BCUT2D eigenvalue weighted by Gasteiger charge is -2.28. The molecule has 14 heavy (non-hydrogen) atoms. The Hall–Kier alpha value is -0.340. The van der Waals surface area contributed by atoms with Crippen molar-refractivity contribution in [3.05, 3.63) is 34.3 Å². The van der Waals surface area contributed by atoms with Crippen molar-refractivity contribution in [3.63, 3.8) is 0 Å². The fourth-order valence-corrected chi connectivity index (χ4v) is 2.81. The highest BCUT2D eigenvalue weighted by molar-refractivity contribution is 9.10. The van der Waals surface area contributed by atoms with E-state index >= 15 is 0 Å². The second kappa shape index (κ2) is 4.45. The molecule has 2 atom stereocenters. The number of nitrogens with one attached hydrogen (secondary N) is 1. The summed E-state index contributed by atoms with van der Waals surface area (Å²) in [6.45, 7) is 4.60. The first kappa shape index (κ1) is 10.2. The summed E-state index contributed by atoms with van der Waals surface area (Å²) in [5.41, 5.74) is 1.45. The Morgan fingerprint density at radius 2 is 2.07 bits per heavy atom. The van der Waals surface area contributed by atoms with Gasteiger partial charge in [-0.2, -0.15) is 0 Å². The molecule has 1 N–H and O–H groups in total. The van der Waals surface area contributed by atoms with Gasteiger partial charge in [-0.05, 0) is 36.4 Å². The molecule has 1 aromatic carbocycles. The summed E-state index contributed by atoms with van der Waals surface area (Å²) in [6, 6.07) is 8.57. The minimum atomic E-state index is 0.675. The van der Waals surface area contributed by atoms with Crippen LogP contribution in [0.3, 0.4) is 0 Å². The second-order valence-electron chi connectivity index (χ2n) is 4.22. The number of piperidine rings is 1. The fraction of sp³-hybridized carbons (Fsp3) is 0.500. The van der Waals surface area contributed by atoms with E-state index in [0.29, 0.717) is 5.92 Å². The molecule has 2 rings (SSSR count). The van der Waals surface area contributed by atoms with Gasteiger partial charge in [0.1, 0.15) is 0 Å². The van der Waals surface area contributed by atoms with Crippen molar-refractivity contribution in [2.45, 2.75) is 19.3 Å². The van der Waals surface area contributed by atoms with Crippen LogP contribution in [-0.4, -0.2) is 13.1 Å². The van der Waals surface area contributed by atoms with Crippen LogP contribution in [0.25, 0.3) is 0 Å². The SMILES string of the molecule is CC1CNCC(c2ccccc2Br)C1. The van der Waals surface area contributed by atoms with E-state index in [1.165, 1.54) is 23.0 Å². The van der Waals surface area contributed by atoms with E-state index in [4.69, 9.17) is 0 Å². The van der Waals surface area contributed by atoms with E-state index < -0.39 is 0 Å². The van der Waals surface area contributed by atoms with Crippen LogP contribution in [0.1, 0.15) is 24.8 Å². The van der Waals surface area contributed by atoms with Crippen molar-refractivity contribution >= 4 is 15.9 Å². The lowest BCUT2D eigenvalue weighted by atomic mass is 9.86. The van der Waals surface area contributed by atoms with Gasteiger partial charge in [-0.25, -0.2) is 0 Å². The van der Waals surface area contributed by atoms with Crippen molar-refractivity contribution < 1.29 is 0 Å². The standard InChI is InChI=1S/C12H16BrN/c1-9-6-10(8-14-7-9)11-4-2-3-5-12(11)13/h2-5,9-10,14H,6-8H2,1H3. The number of hydrogen-bond acceptors (Lipinski definition) is 1. The highest BCUT2D eigenvalue weighted by Crippen LogP contribution is 2.31. The van der Waals surface area contributed by atoms with E-state index in [1.807, 2.05) is 0 Å². The second-order valence-corrected chi connectivity index (χ2v) is 5.07. The van der Waals surface area contributed by atoms with E-state index in [2.05, 4.69) is 52.4 Å². The summed E-state index contributed by atoms with van der Waals surface area (Å²) in [6.07, 6.45) is 1.30. The summed E-state index contributed by atoms with van der Waals surface area (Å²) in [5, 5.41) is 3.49. The maximum absolute atomic E-state index is 3.62. The van der Waals surface area contributed by atoms with Gasteiger partial charge in [-0.3, -0.25) is 0 Å². The van der Waals surface area contributed by atoms with Crippen molar-refractivity contribution in [1.29, 1.82) is 0 Å². The van der Waals surface area contributed by atoms with Crippen LogP contribution < -0.4 is 5.32 Å². The number of hydrogen-bond donors (Lipinski definition) is 1. The summed E-state index contributed by atoms with van der Waals surface area (Å²) in [4.78, 5) is 0. The zero-order valence-corrected chi connectivity index (χ0v) is 10.0. The Morgan fingerprint density at radius 3 is 2.79 bits per heavy atom. The predicted molar refractivity (Wildman–Crippen MR) is 63.5 cm³/mol. The maximum atomic E-state index is 3.62. The molecule has 0 aliphatic carbocycles. The summed E-state index contributed by atoms with van der Waals surface area (Å²) in [7, 11) is 0. The van der Waals surface area contributed by atoms with Gasteiger partial charge < -0.3 is 5.32 Å². The average Bonchev–Trinajstić information content (AvgIpc) is 2.18. The van der Waals surface area contributed by atoms with Gasteiger partial charge in [0, 0.05) is 11.0 Å². The summed E-state index contributed by atoms with van der Waals surface area (Å²) < 4.78 is 1.25. The van der Waals surface area contributed by atoms with Gasteiger partial charge in [0.2, 0.25) is 0 Å². The summed E-state index contributed by atoms with van der Waals surface area (Å²) in [5.74, 6) is 1.47. The molecule has 1 aliphatic heterocycles. The molecular formula is C12H16BrN. The topological polar surface area (TPSA) is 12.0 Å². The monoisotopic (exact) mass is 253 g/mol. The molecule has 1 saturated heterocycles. The zero-order chi connectivity index (χ0) is 9.97. The molecule has 2 unspecified atom stereocenters. The summed E-state index contributed by atoms with van der Waals surface area (Å²) >= 11 is 3.62. The van der Waals surface area contributed by atoms with Gasteiger partial charge in [-0.1, -0.05) is 41.1 Å². The smallest absolute Gasteiger partial charge is 0.0210 e. The highest BCUT2D eigenvalue weighted by Gasteiger charge is 2.21. The number of rotatable bonds is 1. The van der Waals surface area contributed by atoms with Crippen molar-refractivity contribution in [2.24, 2.45) is 5.92 Å². The Kier molecular flexibility index (Phi) is 3.24. The Morgan fingerprint density at radius 1 is 1.29 bits per heavy atom. The van der Waals surface area contributed by atoms with Crippen LogP contribution in [0.5, 0.6) is 0 Å². The Labute approximate surface area is 94.0 Å². The molecule has 0 bridgehead atoms. The first-order valence-corrected chi connectivity index (χ1v) is 6.02. The third kappa shape index (κ3) is 2.18. The fourth-order valence-electron chi connectivity index (χ4n) is 2.20. The van der Waals surface area contributed by atoms with Crippen LogP contribution in [0.4, 0.5) is 0 Å². The molecule has 0 spiro atoms. The largest absolute Gasteiger partial charge is 0.316 e. The first-order chi connectivity index (χ1) is 6.77. The van der Waals surface area contributed by atoms with Crippen LogP contribution in [-0.2, 0) is 0 Å². The van der Waals surface area contributed by atoms with Gasteiger partial charge in [0.25, 0.3) is 0 Å². The Balaban J connectivity index is 2.18. The van der Waals surface area contributed by atoms with E-state index in [0.717, 1.165) is 12.5 Å². The zero-order valence-electron chi connectivity index (χ0n) is 8.46. The molecule has 0 saturated carbocycles. The first-order valence-electron chi connectivity index (χ1n) is 5.22. The van der Waals surface area contributed by atoms with E-state index in [1.54, 1.807) is 0 Å². The molecule has 1 nitrogen and oxygen atoms in total. The van der Waals surface area contributed by atoms with Crippen LogP contribution in [0, 0.1) is 5.92 Å². The van der Waals surface area contributed by atoms with Crippen molar-refractivity contribution in [2.75, 3.05) is 13.1 Å². The third-order valence-electron chi connectivity index (χ3n) is 2.92. The molecule has 1 aromatic rings. The molecule has 1 heterocycles. The van der Waals surface area contributed by atoms with Gasteiger partial charge in [0.05, 0.1) is 0 Å². The van der Waals surface area contributed by atoms with Crippen molar-refractivity contribution in [1.82, 2.24) is 5.32 Å². The quantitative estimate of drug-likeness (QED) is 0.811. The molecule has 76 valence electrons. The highest BCUT2D eigenvalue weighted by atomic mass is 79.9. The Bertz CT molecular complexity index is 311. The maximum Gasteiger partial charge on any atom is 0.0210 e. The number of benzene rings is 1. The third-order valence-corrected chi connectivity index (χ3v) is 3.64. The van der Waals surface area contributed by atoms with Gasteiger partial charge >= 0.3 is 0 Å². The molecule has 1 fully saturated rings. The van der Waals surface area contributed by atoms with Crippen LogP contribution in [0.2, 0.25) is 0 Å². The van der Waals surface area contributed by atoms with E-state index in [9.17, 15) is 0 Å². The predicted octanol–water partition coefficient (Wildman–Crippen LogP) is 3.16. The van der Waals surface area contributed by atoms with Crippen molar-refractivity contribution in [3.8, 4) is 0 Å². The van der Waals surface area contributed by atoms with Gasteiger partial charge in [-0.15, -0.1) is 0 Å². The van der Waals surface area contributed by atoms with Crippen LogP contribution in [0.15, 0.2) is 28.7 Å².